The largest absolute Gasteiger partial charge is 0.383 e. The van der Waals surface area contributed by atoms with E-state index in [1.807, 2.05) is 18.4 Å². The van der Waals surface area contributed by atoms with Crippen LogP contribution in [0.1, 0.15) is 19.7 Å². The fraction of sp³-hybridized carbons (Fsp3) is 0.308. The van der Waals surface area contributed by atoms with Crippen LogP contribution in [0.25, 0.3) is 11.3 Å². The Morgan fingerprint density at radius 3 is 2.61 bits per heavy atom. The summed E-state index contributed by atoms with van der Waals surface area (Å²) in [5.74, 6) is 0.951. The minimum absolute atomic E-state index is 0.362. The van der Waals surface area contributed by atoms with Gasteiger partial charge in [-0.2, -0.15) is 0 Å². The van der Waals surface area contributed by atoms with Gasteiger partial charge in [0.1, 0.15) is 23.2 Å². The lowest BCUT2D eigenvalue weighted by Gasteiger charge is -2.05. The molecule has 3 nitrogen and oxygen atoms in total. The first-order chi connectivity index (χ1) is 8.58. The molecule has 18 heavy (non-hydrogen) atoms. The highest BCUT2D eigenvalue weighted by Crippen LogP contribution is 2.30. The van der Waals surface area contributed by atoms with Gasteiger partial charge in [-0.15, -0.1) is 0 Å². The second-order valence-corrected chi connectivity index (χ2v) is 4.42. The van der Waals surface area contributed by atoms with Crippen LogP contribution < -0.4 is 5.73 Å². The van der Waals surface area contributed by atoms with Crippen LogP contribution in [0.5, 0.6) is 0 Å². The van der Waals surface area contributed by atoms with E-state index in [4.69, 9.17) is 17.3 Å². The number of imidazole rings is 1. The van der Waals surface area contributed by atoms with E-state index < -0.39 is 5.82 Å². The Morgan fingerprint density at radius 2 is 2.11 bits per heavy atom. The number of anilines is 1. The summed E-state index contributed by atoms with van der Waals surface area (Å²) in [4.78, 5) is 4.41. The average Bonchev–Trinajstić information content (AvgIpc) is 2.66. The van der Waals surface area contributed by atoms with Crippen molar-refractivity contribution >= 4 is 17.4 Å². The summed E-state index contributed by atoms with van der Waals surface area (Å²) in [5, 5.41) is 0.362. The summed E-state index contributed by atoms with van der Waals surface area (Å²) in [6, 6.07) is 4.51. The monoisotopic (exact) mass is 267 g/mol. The van der Waals surface area contributed by atoms with Crippen molar-refractivity contribution in [3.8, 4) is 11.3 Å². The molecule has 2 N–H and O–H groups in total. The highest BCUT2D eigenvalue weighted by atomic mass is 35.5. The van der Waals surface area contributed by atoms with Crippen LogP contribution in [0, 0.1) is 5.82 Å². The van der Waals surface area contributed by atoms with Crippen molar-refractivity contribution in [2.45, 2.75) is 26.8 Å². The molecule has 1 aromatic heterocycles. The van der Waals surface area contributed by atoms with Crippen LogP contribution in [0.2, 0.25) is 5.02 Å². The number of nitrogens with two attached hydrogens (primary N) is 1. The van der Waals surface area contributed by atoms with Gasteiger partial charge in [-0.3, -0.25) is 0 Å². The van der Waals surface area contributed by atoms with E-state index in [-0.39, 0.29) is 0 Å². The van der Waals surface area contributed by atoms with Gasteiger partial charge in [0.15, 0.2) is 0 Å². The van der Waals surface area contributed by atoms with E-state index in [1.165, 1.54) is 6.07 Å². The predicted molar refractivity (Wildman–Crippen MR) is 72.1 cm³/mol. The van der Waals surface area contributed by atoms with Gasteiger partial charge >= 0.3 is 0 Å². The third-order valence-corrected chi connectivity index (χ3v) is 3.14. The fourth-order valence-electron chi connectivity index (χ4n) is 2.02. The van der Waals surface area contributed by atoms with Gasteiger partial charge < -0.3 is 10.3 Å². The lowest BCUT2D eigenvalue weighted by Crippen LogP contribution is -2.04. The number of hydrogen-bond donors (Lipinski definition) is 1. The molecule has 1 heterocycles. The normalized spacial score (nSPS) is 10.9. The molecule has 0 aliphatic carbocycles. The van der Waals surface area contributed by atoms with Gasteiger partial charge in [0.2, 0.25) is 0 Å². The molecule has 0 fully saturated rings. The number of hydrogen-bond acceptors (Lipinski definition) is 2. The molecule has 5 heteroatoms. The van der Waals surface area contributed by atoms with E-state index in [1.54, 1.807) is 12.1 Å². The molecule has 0 saturated carbocycles. The van der Waals surface area contributed by atoms with Crippen molar-refractivity contribution in [2.24, 2.45) is 0 Å². The van der Waals surface area contributed by atoms with Crippen molar-refractivity contribution in [3.63, 3.8) is 0 Å². The maximum atomic E-state index is 13.9. The number of nitrogens with zero attached hydrogens (tertiary/aromatic N) is 2. The number of rotatable bonds is 3. The van der Waals surface area contributed by atoms with Crippen LogP contribution in [-0.2, 0) is 13.0 Å². The van der Waals surface area contributed by atoms with Gasteiger partial charge in [-0.1, -0.05) is 18.5 Å². The maximum Gasteiger partial charge on any atom is 0.134 e. The van der Waals surface area contributed by atoms with E-state index in [0.717, 1.165) is 18.8 Å². The van der Waals surface area contributed by atoms with E-state index in [0.29, 0.717) is 22.1 Å². The molecular weight excluding hydrogens is 253 g/mol. The molecule has 1 aromatic carbocycles. The number of aromatic nitrogens is 2. The number of nitrogen functional groups attached to an aromatic ring is 1. The fourth-order valence-corrected chi connectivity index (χ4v) is 2.17. The Kier molecular flexibility index (Phi) is 3.57. The third kappa shape index (κ3) is 2.08. The molecule has 0 spiro atoms. The highest BCUT2D eigenvalue weighted by Gasteiger charge is 2.17. The van der Waals surface area contributed by atoms with E-state index in [2.05, 4.69) is 4.98 Å². The molecule has 0 saturated heterocycles. The maximum absolute atomic E-state index is 13.9. The van der Waals surface area contributed by atoms with E-state index >= 15 is 0 Å². The average molecular weight is 268 g/mol. The number of aryl methyl sites for hydroxylation is 1. The summed E-state index contributed by atoms with van der Waals surface area (Å²) >= 11 is 5.74. The van der Waals surface area contributed by atoms with Crippen molar-refractivity contribution in [2.75, 3.05) is 5.73 Å². The molecule has 0 bridgehead atoms. The topological polar surface area (TPSA) is 43.8 Å². The van der Waals surface area contributed by atoms with Gasteiger partial charge in [0.25, 0.3) is 0 Å². The van der Waals surface area contributed by atoms with Crippen molar-refractivity contribution in [3.05, 3.63) is 34.9 Å². The summed E-state index contributed by atoms with van der Waals surface area (Å²) in [7, 11) is 0. The minimum Gasteiger partial charge on any atom is -0.383 e. The molecule has 0 aliphatic heterocycles. The molecule has 0 aliphatic rings. The first-order valence-corrected chi connectivity index (χ1v) is 6.26. The summed E-state index contributed by atoms with van der Waals surface area (Å²) in [5.41, 5.74) is 6.91. The zero-order valence-electron chi connectivity index (χ0n) is 10.4. The second kappa shape index (κ2) is 4.98. The predicted octanol–water partition coefficient (Wildman–Crippen LogP) is 3.51. The molecule has 0 atom stereocenters. The smallest absolute Gasteiger partial charge is 0.134 e. The van der Waals surface area contributed by atoms with Crippen LogP contribution in [0.3, 0.4) is 0 Å². The standard InChI is InChI=1S/C13H15ClFN3/c1-3-11-17-12(13(16)18(11)4-2)9-6-5-8(14)7-10(9)15/h5-7H,3-4,16H2,1-2H3. The van der Waals surface area contributed by atoms with Crippen molar-refractivity contribution < 1.29 is 4.39 Å². The Hall–Kier alpha value is -1.55. The Labute approximate surface area is 110 Å². The van der Waals surface area contributed by atoms with E-state index in [9.17, 15) is 4.39 Å². The lowest BCUT2D eigenvalue weighted by atomic mass is 10.1. The van der Waals surface area contributed by atoms with Crippen LogP contribution in [0.4, 0.5) is 10.2 Å². The van der Waals surface area contributed by atoms with Gasteiger partial charge in [-0.25, -0.2) is 9.37 Å². The quantitative estimate of drug-likeness (QED) is 0.925. The zero-order valence-corrected chi connectivity index (χ0v) is 11.1. The Balaban J connectivity index is 2.60. The van der Waals surface area contributed by atoms with Crippen LogP contribution >= 0.6 is 11.6 Å². The minimum atomic E-state index is -0.405. The Morgan fingerprint density at radius 1 is 1.39 bits per heavy atom. The molecule has 0 radical (unpaired) electrons. The Bertz CT molecular complexity index is 578. The van der Waals surface area contributed by atoms with Gasteiger partial charge in [0.05, 0.1) is 0 Å². The number of benzene rings is 1. The molecule has 2 rings (SSSR count). The van der Waals surface area contributed by atoms with Crippen LogP contribution in [-0.4, -0.2) is 9.55 Å². The summed E-state index contributed by atoms with van der Waals surface area (Å²) in [6.45, 7) is 4.70. The molecule has 96 valence electrons. The van der Waals surface area contributed by atoms with Crippen molar-refractivity contribution in [1.82, 2.24) is 9.55 Å². The van der Waals surface area contributed by atoms with Gasteiger partial charge in [0, 0.05) is 23.6 Å². The zero-order chi connectivity index (χ0) is 13.3. The number of halogens is 2. The molecular formula is C13H15ClFN3. The lowest BCUT2D eigenvalue weighted by molar-refractivity contribution is 0.631. The molecule has 0 unspecified atom stereocenters. The SMILES string of the molecule is CCc1nc(-c2ccc(Cl)cc2F)c(N)n1CC. The summed E-state index contributed by atoms with van der Waals surface area (Å²) in [6.07, 6.45) is 0.757. The van der Waals surface area contributed by atoms with Crippen molar-refractivity contribution in [1.29, 1.82) is 0 Å². The van der Waals surface area contributed by atoms with Gasteiger partial charge in [-0.05, 0) is 25.1 Å². The first-order valence-electron chi connectivity index (χ1n) is 5.88. The third-order valence-electron chi connectivity index (χ3n) is 2.90. The van der Waals surface area contributed by atoms with Crippen LogP contribution in [0.15, 0.2) is 18.2 Å². The summed E-state index contributed by atoms with van der Waals surface area (Å²) < 4.78 is 15.8. The highest BCUT2D eigenvalue weighted by molar-refractivity contribution is 6.30. The molecule has 2 aromatic rings. The second-order valence-electron chi connectivity index (χ2n) is 3.98. The molecule has 0 amide bonds. The first kappa shape index (κ1) is 12.9.